The second-order valence-electron chi connectivity index (χ2n) is 2.83. The molecule has 16 heavy (non-hydrogen) atoms. The van der Waals surface area contributed by atoms with Crippen LogP contribution in [0, 0.1) is 0 Å². The Bertz CT molecular complexity index is 441. The standard InChI is InChI=1S/C5H5F5O4S2/c6-4(7)1-5(8,2-15(9,11)12)3-16(10,13)14/h1H,2-3H2. The average Bonchev–Trinajstić information content (AvgIpc) is 1.69. The Labute approximate surface area is 88.2 Å². The van der Waals surface area contributed by atoms with Gasteiger partial charge in [-0.2, -0.15) is 25.6 Å². The third kappa shape index (κ3) is 7.56. The molecule has 0 radical (unpaired) electrons. The van der Waals surface area contributed by atoms with Crippen molar-refractivity contribution in [2.75, 3.05) is 11.5 Å². The Balaban J connectivity index is 5.30. The van der Waals surface area contributed by atoms with Crippen molar-refractivity contribution in [1.82, 2.24) is 0 Å². The van der Waals surface area contributed by atoms with Gasteiger partial charge in [0.05, 0.1) is 0 Å². The molecule has 96 valence electrons. The van der Waals surface area contributed by atoms with Crippen molar-refractivity contribution in [1.29, 1.82) is 0 Å². The molecule has 11 heteroatoms. The number of halogens is 5. The molecule has 0 aromatic carbocycles. The first-order chi connectivity index (χ1) is 6.83. The van der Waals surface area contributed by atoms with Crippen LogP contribution >= 0.6 is 0 Å². The van der Waals surface area contributed by atoms with Crippen molar-refractivity contribution in [3.8, 4) is 0 Å². The van der Waals surface area contributed by atoms with Crippen molar-refractivity contribution >= 4 is 20.4 Å². The van der Waals surface area contributed by atoms with Gasteiger partial charge >= 0.3 is 20.4 Å². The van der Waals surface area contributed by atoms with Crippen LogP contribution in [0.15, 0.2) is 12.2 Å². The van der Waals surface area contributed by atoms with E-state index in [1.54, 1.807) is 0 Å². The highest BCUT2D eigenvalue weighted by molar-refractivity contribution is 7.87. The highest BCUT2D eigenvalue weighted by atomic mass is 32.3. The average molecular weight is 288 g/mol. The van der Waals surface area contributed by atoms with Crippen LogP contribution in [0.4, 0.5) is 20.9 Å². The maximum atomic E-state index is 13.2. The number of allylic oxidation sites excluding steroid dienone is 1. The summed E-state index contributed by atoms with van der Waals surface area (Å²) in [6, 6.07) is 0. The van der Waals surface area contributed by atoms with Crippen LogP contribution in [-0.4, -0.2) is 34.0 Å². The van der Waals surface area contributed by atoms with Crippen molar-refractivity contribution in [3.63, 3.8) is 0 Å². The van der Waals surface area contributed by atoms with E-state index in [2.05, 4.69) is 0 Å². The molecular formula is C5H5F5O4S2. The Morgan fingerprint density at radius 3 is 1.50 bits per heavy atom. The maximum Gasteiger partial charge on any atom is 0.305 e. The largest absolute Gasteiger partial charge is 0.305 e. The van der Waals surface area contributed by atoms with E-state index in [0.717, 1.165) is 0 Å². The molecule has 0 aliphatic heterocycles. The van der Waals surface area contributed by atoms with E-state index >= 15 is 0 Å². The third-order valence-electron chi connectivity index (χ3n) is 1.19. The second-order valence-corrected chi connectivity index (χ2v) is 5.57. The molecule has 0 unspecified atom stereocenters. The lowest BCUT2D eigenvalue weighted by atomic mass is 10.2. The van der Waals surface area contributed by atoms with Gasteiger partial charge in [0.25, 0.3) is 6.08 Å². The fourth-order valence-electron chi connectivity index (χ4n) is 0.894. The molecule has 0 bridgehead atoms. The number of alkyl halides is 1. The smallest absolute Gasteiger partial charge is 0.237 e. The van der Waals surface area contributed by atoms with Crippen LogP contribution in [0.2, 0.25) is 0 Å². The fraction of sp³-hybridized carbons (Fsp3) is 0.600. The summed E-state index contributed by atoms with van der Waals surface area (Å²) in [6.45, 7) is 0. The highest BCUT2D eigenvalue weighted by Crippen LogP contribution is 2.23. The van der Waals surface area contributed by atoms with E-state index in [1.807, 2.05) is 0 Å². The summed E-state index contributed by atoms with van der Waals surface area (Å²) in [6.07, 6.45) is -3.56. The van der Waals surface area contributed by atoms with E-state index in [4.69, 9.17) is 0 Å². The molecule has 0 aliphatic carbocycles. The van der Waals surface area contributed by atoms with Crippen LogP contribution in [0.5, 0.6) is 0 Å². The molecule has 0 aromatic rings. The zero-order valence-corrected chi connectivity index (χ0v) is 8.96. The third-order valence-corrected chi connectivity index (χ3v) is 2.84. The van der Waals surface area contributed by atoms with Crippen molar-refractivity contribution < 1.29 is 37.8 Å². The summed E-state index contributed by atoms with van der Waals surface area (Å²) in [5, 5.41) is 0. The molecule has 0 aromatic heterocycles. The summed E-state index contributed by atoms with van der Waals surface area (Å²) in [5.41, 5.74) is -3.85. The van der Waals surface area contributed by atoms with Gasteiger partial charge in [-0.15, -0.1) is 7.77 Å². The second kappa shape index (κ2) is 4.65. The van der Waals surface area contributed by atoms with E-state index < -0.39 is 49.8 Å². The van der Waals surface area contributed by atoms with Gasteiger partial charge in [-0.3, -0.25) is 0 Å². The summed E-state index contributed by atoms with van der Waals surface area (Å²) < 4.78 is 101. The Hall–Kier alpha value is -0.710. The van der Waals surface area contributed by atoms with E-state index in [0.29, 0.717) is 0 Å². The lowest BCUT2D eigenvalue weighted by Gasteiger charge is -2.15. The summed E-state index contributed by atoms with van der Waals surface area (Å²) in [4.78, 5) is 0. The lowest BCUT2D eigenvalue weighted by Crippen LogP contribution is -2.36. The van der Waals surface area contributed by atoms with Crippen molar-refractivity contribution in [2.24, 2.45) is 0 Å². The van der Waals surface area contributed by atoms with Gasteiger partial charge in [-0.05, 0) is 0 Å². The summed E-state index contributed by atoms with van der Waals surface area (Å²) in [5.74, 6) is -4.42. The van der Waals surface area contributed by atoms with Gasteiger partial charge in [-0.25, -0.2) is 4.39 Å². The SMILES string of the molecule is O=S(=O)(F)CC(F)(C=C(F)F)CS(=O)(=O)F. The molecule has 0 amide bonds. The minimum Gasteiger partial charge on any atom is -0.237 e. The van der Waals surface area contributed by atoms with Crippen LogP contribution < -0.4 is 0 Å². The van der Waals surface area contributed by atoms with Gasteiger partial charge < -0.3 is 0 Å². The molecule has 0 N–H and O–H groups in total. The number of rotatable bonds is 5. The van der Waals surface area contributed by atoms with E-state index in [1.165, 1.54) is 0 Å². The van der Waals surface area contributed by atoms with Crippen molar-refractivity contribution in [3.05, 3.63) is 12.2 Å². The summed E-state index contributed by atoms with van der Waals surface area (Å²) in [7, 11) is -11.2. The zero-order valence-electron chi connectivity index (χ0n) is 7.33. The molecule has 0 fully saturated rings. The predicted octanol–water partition coefficient (Wildman–Crippen LogP) is 1.07. The predicted molar refractivity (Wildman–Crippen MR) is 43.9 cm³/mol. The van der Waals surface area contributed by atoms with E-state index in [-0.39, 0.29) is 0 Å². The number of hydrogen-bond acceptors (Lipinski definition) is 4. The molecule has 0 saturated heterocycles. The summed E-state index contributed by atoms with van der Waals surface area (Å²) >= 11 is 0. The zero-order chi connectivity index (χ0) is 13.2. The maximum absolute atomic E-state index is 13.2. The Morgan fingerprint density at radius 2 is 1.31 bits per heavy atom. The molecule has 0 spiro atoms. The molecule has 4 nitrogen and oxygen atoms in total. The van der Waals surface area contributed by atoms with Crippen LogP contribution in [0.1, 0.15) is 0 Å². The highest BCUT2D eigenvalue weighted by Gasteiger charge is 2.39. The minimum absolute atomic E-state index is 0.763. The minimum atomic E-state index is -5.58. The van der Waals surface area contributed by atoms with Gasteiger partial charge in [0.1, 0.15) is 11.5 Å². The Morgan fingerprint density at radius 1 is 1.00 bits per heavy atom. The monoisotopic (exact) mass is 288 g/mol. The topological polar surface area (TPSA) is 68.3 Å². The normalized spacial score (nSPS) is 13.6. The van der Waals surface area contributed by atoms with Gasteiger partial charge in [0.2, 0.25) is 0 Å². The lowest BCUT2D eigenvalue weighted by molar-refractivity contribution is 0.271. The molecular weight excluding hydrogens is 283 g/mol. The quantitative estimate of drug-likeness (QED) is 0.560. The number of hydrogen-bond donors (Lipinski definition) is 0. The molecule has 0 saturated carbocycles. The first kappa shape index (κ1) is 15.3. The van der Waals surface area contributed by atoms with E-state index in [9.17, 15) is 37.8 Å². The van der Waals surface area contributed by atoms with Crippen LogP contribution in [0.25, 0.3) is 0 Å². The van der Waals surface area contributed by atoms with Crippen molar-refractivity contribution in [2.45, 2.75) is 5.67 Å². The molecule has 0 aliphatic rings. The molecule has 0 rings (SSSR count). The van der Waals surface area contributed by atoms with Crippen LogP contribution in [0.3, 0.4) is 0 Å². The molecule has 0 heterocycles. The first-order valence-corrected chi connectivity index (χ1v) is 6.51. The Kier molecular flexibility index (Phi) is 4.45. The molecule has 0 atom stereocenters. The van der Waals surface area contributed by atoms with Gasteiger partial charge in [-0.1, -0.05) is 0 Å². The first-order valence-electron chi connectivity index (χ1n) is 3.40. The van der Waals surface area contributed by atoms with Crippen LogP contribution in [-0.2, 0) is 20.4 Å². The van der Waals surface area contributed by atoms with Gasteiger partial charge in [0, 0.05) is 6.08 Å². The van der Waals surface area contributed by atoms with Gasteiger partial charge in [0.15, 0.2) is 5.67 Å². The fourth-order valence-corrected chi connectivity index (χ4v) is 2.54.